The number of hydrogen-bond donors (Lipinski definition) is 1. The fourth-order valence-corrected chi connectivity index (χ4v) is 2.05. The molecule has 0 fully saturated rings. The smallest absolute Gasteiger partial charge is 0.130 e. The highest BCUT2D eigenvalue weighted by Gasteiger charge is 2.08. The van der Waals surface area contributed by atoms with Crippen LogP contribution in [0.25, 0.3) is 11.0 Å². The Bertz CT molecular complexity index is 683. The fraction of sp³-hybridized carbons (Fsp3) is 0.0714. The maximum Gasteiger partial charge on any atom is 0.130 e. The monoisotopic (exact) mass is 241 g/mol. The molecule has 0 amide bonds. The molecular weight excluding hydrogens is 229 g/mol. The molecule has 18 heavy (non-hydrogen) atoms. The van der Waals surface area contributed by atoms with Crippen molar-refractivity contribution in [2.24, 2.45) is 0 Å². The Kier molecular flexibility index (Phi) is 2.48. The lowest BCUT2D eigenvalue weighted by Crippen LogP contribution is -2.04. The molecule has 0 aliphatic carbocycles. The first-order valence-corrected chi connectivity index (χ1v) is 5.68. The first kappa shape index (κ1) is 10.8. The number of para-hydroxylation sites is 2. The SMILES string of the molecule is Nc1cccc(F)c1Cn1cnc2ccccc21. The van der Waals surface area contributed by atoms with Crippen LogP contribution in [0.2, 0.25) is 0 Å². The normalized spacial score (nSPS) is 10.9. The third-order valence-corrected chi connectivity index (χ3v) is 3.01. The summed E-state index contributed by atoms with van der Waals surface area (Å²) in [6.45, 7) is 0.388. The number of hydrogen-bond acceptors (Lipinski definition) is 2. The Morgan fingerprint density at radius 1 is 1.11 bits per heavy atom. The van der Waals surface area contributed by atoms with E-state index in [1.807, 2.05) is 28.8 Å². The molecule has 0 saturated carbocycles. The Morgan fingerprint density at radius 3 is 2.78 bits per heavy atom. The zero-order valence-electron chi connectivity index (χ0n) is 9.68. The molecule has 0 spiro atoms. The average molecular weight is 241 g/mol. The van der Waals surface area contributed by atoms with Crippen molar-refractivity contribution in [1.29, 1.82) is 0 Å². The zero-order chi connectivity index (χ0) is 12.5. The second-order valence-electron chi connectivity index (χ2n) is 4.17. The summed E-state index contributed by atoms with van der Waals surface area (Å²) in [7, 11) is 0. The first-order valence-electron chi connectivity index (χ1n) is 5.68. The van der Waals surface area contributed by atoms with Gasteiger partial charge in [0.1, 0.15) is 5.82 Å². The van der Waals surface area contributed by atoms with Gasteiger partial charge in [0.05, 0.1) is 23.9 Å². The number of nitrogen functional groups attached to an aromatic ring is 1. The van der Waals surface area contributed by atoms with Gasteiger partial charge in [0.2, 0.25) is 0 Å². The first-order chi connectivity index (χ1) is 8.75. The number of imidazole rings is 1. The third-order valence-electron chi connectivity index (χ3n) is 3.01. The molecule has 4 heteroatoms. The maximum absolute atomic E-state index is 13.7. The molecule has 2 N–H and O–H groups in total. The van der Waals surface area contributed by atoms with Crippen molar-refractivity contribution in [3.63, 3.8) is 0 Å². The molecule has 0 bridgehead atoms. The Morgan fingerprint density at radius 2 is 1.94 bits per heavy atom. The van der Waals surface area contributed by atoms with E-state index < -0.39 is 0 Å². The minimum Gasteiger partial charge on any atom is -0.398 e. The van der Waals surface area contributed by atoms with Crippen LogP contribution < -0.4 is 5.73 Å². The second-order valence-corrected chi connectivity index (χ2v) is 4.17. The van der Waals surface area contributed by atoms with Gasteiger partial charge in [-0.05, 0) is 24.3 Å². The minimum atomic E-state index is -0.284. The molecule has 0 atom stereocenters. The second kappa shape index (κ2) is 4.14. The van der Waals surface area contributed by atoms with E-state index in [4.69, 9.17) is 5.73 Å². The van der Waals surface area contributed by atoms with Gasteiger partial charge in [-0.25, -0.2) is 9.37 Å². The summed E-state index contributed by atoms with van der Waals surface area (Å²) >= 11 is 0. The number of fused-ring (bicyclic) bond motifs is 1. The lowest BCUT2D eigenvalue weighted by Gasteiger charge is -2.08. The summed E-state index contributed by atoms with van der Waals surface area (Å²) in [6.07, 6.45) is 1.70. The highest BCUT2D eigenvalue weighted by atomic mass is 19.1. The van der Waals surface area contributed by atoms with E-state index in [0.717, 1.165) is 11.0 Å². The molecule has 3 rings (SSSR count). The minimum absolute atomic E-state index is 0.284. The van der Waals surface area contributed by atoms with Crippen LogP contribution in [0.4, 0.5) is 10.1 Å². The summed E-state index contributed by atoms with van der Waals surface area (Å²) in [5, 5.41) is 0. The van der Waals surface area contributed by atoms with Crippen LogP contribution in [-0.2, 0) is 6.54 Å². The summed E-state index contributed by atoms with van der Waals surface area (Å²) in [6, 6.07) is 12.5. The maximum atomic E-state index is 13.7. The number of nitrogens with two attached hydrogens (primary N) is 1. The quantitative estimate of drug-likeness (QED) is 0.701. The number of rotatable bonds is 2. The lowest BCUT2D eigenvalue weighted by molar-refractivity contribution is 0.603. The van der Waals surface area contributed by atoms with E-state index in [1.54, 1.807) is 18.5 Å². The molecule has 1 heterocycles. The highest BCUT2D eigenvalue weighted by molar-refractivity contribution is 5.75. The molecule has 0 unspecified atom stereocenters. The summed E-state index contributed by atoms with van der Waals surface area (Å²) in [5.74, 6) is -0.284. The van der Waals surface area contributed by atoms with E-state index in [0.29, 0.717) is 17.8 Å². The van der Waals surface area contributed by atoms with Gasteiger partial charge >= 0.3 is 0 Å². The molecular formula is C14H12FN3. The van der Waals surface area contributed by atoms with Gasteiger partial charge in [-0.1, -0.05) is 18.2 Å². The molecule has 3 aromatic rings. The van der Waals surface area contributed by atoms with Gasteiger partial charge in [-0.15, -0.1) is 0 Å². The van der Waals surface area contributed by atoms with Crippen LogP contribution in [-0.4, -0.2) is 9.55 Å². The van der Waals surface area contributed by atoms with Gasteiger partial charge < -0.3 is 10.3 Å². The van der Waals surface area contributed by atoms with Crippen molar-refractivity contribution in [1.82, 2.24) is 9.55 Å². The topological polar surface area (TPSA) is 43.8 Å². The Labute approximate surface area is 104 Å². The van der Waals surface area contributed by atoms with Crippen LogP contribution in [0.5, 0.6) is 0 Å². The predicted molar refractivity (Wildman–Crippen MR) is 69.6 cm³/mol. The number of benzene rings is 2. The zero-order valence-corrected chi connectivity index (χ0v) is 9.68. The van der Waals surface area contributed by atoms with Crippen molar-refractivity contribution >= 4 is 16.7 Å². The summed E-state index contributed by atoms with van der Waals surface area (Å²) < 4.78 is 15.6. The van der Waals surface area contributed by atoms with E-state index in [9.17, 15) is 4.39 Å². The van der Waals surface area contributed by atoms with Gasteiger partial charge in [0, 0.05) is 11.3 Å². The molecule has 90 valence electrons. The van der Waals surface area contributed by atoms with E-state index in [2.05, 4.69) is 4.98 Å². The number of nitrogens with zero attached hydrogens (tertiary/aromatic N) is 2. The van der Waals surface area contributed by atoms with Gasteiger partial charge in [-0.2, -0.15) is 0 Å². The van der Waals surface area contributed by atoms with Crippen molar-refractivity contribution in [3.8, 4) is 0 Å². The molecule has 0 saturated heterocycles. The van der Waals surface area contributed by atoms with Gasteiger partial charge in [0.25, 0.3) is 0 Å². The standard InChI is InChI=1S/C14H12FN3/c15-11-4-3-5-12(16)10(11)8-18-9-17-13-6-1-2-7-14(13)18/h1-7,9H,8,16H2. The molecule has 2 aromatic carbocycles. The lowest BCUT2D eigenvalue weighted by atomic mass is 10.1. The predicted octanol–water partition coefficient (Wildman–Crippen LogP) is 2.81. The fourth-order valence-electron chi connectivity index (χ4n) is 2.05. The van der Waals surface area contributed by atoms with Gasteiger partial charge in [0.15, 0.2) is 0 Å². The largest absolute Gasteiger partial charge is 0.398 e. The van der Waals surface area contributed by atoms with E-state index in [1.165, 1.54) is 6.07 Å². The van der Waals surface area contributed by atoms with Crippen molar-refractivity contribution in [2.45, 2.75) is 6.54 Å². The summed E-state index contributed by atoms with van der Waals surface area (Å²) in [4.78, 5) is 4.27. The highest BCUT2D eigenvalue weighted by Crippen LogP contribution is 2.19. The molecule has 0 radical (unpaired) electrons. The van der Waals surface area contributed by atoms with Gasteiger partial charge in [-0.3, -0.25) is 0 Å². The molecule has 1 aromatic heterocycles. The van der Waals surface area contributed by atoms with Crippen LogP contribution in [0.3, 0.4) is 0 Å². The van der Waals surface area contributed by atoms with Crippen LogP contribution in [0, 0.1) is 5.82 Å². The van der Waals surface area contributed by atoms with E-state index >= 15 is 0 Å². The number of aromatic nitrogens is 2. The number of anilines is 1. The molecule has 3 nitrogen and oxygen atoms in total. The van der Waals surface area contributed by atoms with Crippen molar-refractivity contribution in [2.75, 3.05) is 5.73 Å². The van der Waals surface area contributed by atoms with E-state index in [-0.39, 0.29) is 5.82 Å². The van der Waals surface area contributed by atoms with Crippen LogP contribution in [0.15, 0.2) is 48.8 Å². The average Bonchev–Trinajstić information content (AvgIpc) is 2.77. The van der Waals surface area contributed by atoms with Crippen LogP contribution >= 0.6 is 0 Å². The molecule has 0 aliphatic rings. The Hall–Kier alpha value is -2.36. The van der Waals surface area contributed by atoms with Crippen molar-refractivity contribution < 1.29 is 4.39 Å². The van der Waals surface area contributed by atoms with Crippen molar-refractivity contribution in [3.05, 3.63) is 60.2 Å². The van der Waals surface area contributed by atoms with Crippen LogP contribution in [0.1, 0.15) is 5.56 Å². The summed E-state index contributed by atoms with van der Waals surface area (Å²) in [5.41, 5.74) is 8.64. The third kappa shape index (κ3) is 1.72. The Balaban J connectivity index is 2.07. The number of halogens is 1. The molecule has 0 aliphatic heterocycles.